The van der Waals surface area contributed by atoms with Gasteiger partial charge in [0.1, 0.15) is 17.3 Å². The lowest BCUT2D eigenvalue weighted by Gasteiger charge is -2.10. The third-order valence-electron chi connectivity index (χ3n) is 2.23. The Bertz CT molecular complexity index is 683. The van der Waals surface area contributed by atoms with Crippen LogP contribution < -0.4 is 11.2 Å². The van der Waals surface area contributed by atoms with E-state index in [0.29, 0.717) is 0 Å². The molecule has 110 valence electrons. The highest BCUT2D eigenvalue weighted by Crippen LogP contribution is 2.35. The molecule has 21 heavy (non-hydrogen) atoms. The second-order valence-electron chi connectivity index (χ2n) is 3.53. The van der Waals surface area contributed by atoms with Crippen LogP contribution in [0.15, 0.2) is 15.6 Å². The number of benzene rings is 1. The lowest BCUT2D eigenvalue weighted by atomic mass is 10.1. The van der Waals surface area contributed by atoms with Gasteiger partial charge in [0.25, 0.3) is 0 Å². The summed E-state index contributed by atoms with van der Waals surface area (Å²) in [5, 5.41) is 29.1. The molecule has 1 rings (SSSR count). The van der Waals surface area contributed by atoms with E-state index in [1.54, 1.807) is 6.07 Å². The molecular weight excluding hydrogens is 349 g/mol. The smallest absolute Gasteiger partial charge is 0.344 e. The molecule has 0 aliphatic carbocycles. The Morgan fingerprint density at radius 3 is 2.81 bits per heavy atom. The largest absolute Gasteiger partial charge is 0.505 e. The highest BCUT2D eigenvalue weighted by atomic mass is 79.9. The van der Waals surface area contributed by atoms with Crippen LogP contribution in [-0.2, 0) is 4.74 Å². The fourth-order valence-corrected chi connectivity index (χ4v) is 1.68. The molecule has 0 bridgehead atoms. The van der Waals surface area contributed by atoms with Crippen LogP contribution in [0.3, 0.4) is 0 Å². The minimum atomic E-state index is -1.09. The average Bonchev–Trinajstić information content (AvgIpc) is 2.44. The van der Waals surface area contributed by atoms with E-state index in [9.17, 15) is 14.3 Å². The first-order valence-corrected chi connectivity index (χ1v) is 6.00. The molecule has 8 nitrogen and oxygen atoms in total. The predicted octanol–water partition coefficient (Wildman–Crippen LogP) is 1.31. The molecule has 0 amide bonds. The van der Waals surface area contributed by atoms with Gasteiger partial charge in [-0.15, -0.1) is 0 Å². The van der Waals surface area contributed by atoms with Crippen molar-refractivity contribution in [2.45, 2.75) is 0 Å². The van der Waals surface area contributed by atoms with Crippen LogP contribution in [0.1, 0.15) is 10.4 Å². The number of hydrogen-bond acceptors (Lipinski definition) is 7. The summed E-state index contributed by atoms with van der Waals surface area (Å²) in [6.45, 7) is 0. The van der Waals surface area contributed by atoms with Crippen LogP contribution in [0.2, 0.25) is 0 Å². The molecule has 0 radical (unpaired) electrons. The lowest BCUT2D eigenvalue weighted by Crippen LogP contribution is -2.22. The zero-order valence-electron chi connectivity index (χ0n) is 10.6. The van der Waals surface area contributed by atoms with Crippen molar-refractivity contribution < 1.29 is 19.0 Å². The normalized spacial score (nSPS) is 10.7. The molecule has 0 atom stereocenters. The zero-order chi connectivity index (χ0) is 16.2. The Kier molecular flexibility index (Phi) is 5.20. The van der Waals surface area contributed by atoms with Crippen molar-refractivity contribution in [3.8, 4) is 11.8 Å². The van der Waals surface area contributed by atoms with E-state index in [0.717, 1.165) is 13.2 Å². The van der Waals surface area contributed by atoms with Crippen molar-refractivity contribution in [2.75, 3.05) is 12.5 Å². The van der Waals surface area contributed by atoms with E-state index >= 15 is 0 Å². The summed E-state index contributed by atoms with van der Waals surface area (Å²) in [7, 11) is 1.02. The molecule has 0 spiro atoms. The highest BCUT2D eigenvalue weighted by molar-refractivity contribution is 9.10. The lowest BCUT2D eigenvalue weighted by molar-refractivity contribution is 0.0592. The van der Waals surface area contributed by atoms with Crippen LogP contribution in [-0.4, -0.2) is 29.7 Å². The Morgan fingerprint density at radius 1 is 1.71 bits per heavy atom. The van der Waals surface area contributed by atoms with Crippen molar-refractivity contribution in [1.29, 1.82) is 10.7 Å². The molecule has 0 aliphatic rings. The SMILES string of the molecule is COC(=O)c1c(O)c(N/N=C(\C#N)C(=N)N)cc(Br)c1F. The number of methoxy groups -OCH3 is 1. The van der Waals surface area contributed by atoms with Crippen molar-refractivity contribution in [1.82, 2.24) is 0 Å². The number of halogens is 2. The number of nitrogens with zero attached hydrogens (tertiary/aromatic N) is 2. The number of nitrogens with one attached hydrogen (secondary N) is 2. The molecule has 0 saturated carbocycles. The number of amidine groups is 1. The molecular formula is C11H9BrFN5O3. The van der Waals surface area contributed by atoms with E-state index in [4.69, 9.17) is 16.4 Å². The van der Waals surface area contributed by atoms with Crippen molar-refractivity contribution in [3.05, 3.63) is 21.9 Å². The number of nitriles is 1. The first kappa shape index (κ1) is 16.4. The van der Waals surface area contributed by atoms with Gasteiger partial charge in [0, 0.05) is 0 Å². The van der Waals surface area contributed by atoms with E-state index in [-0.39, 0.29) is 10.2 Å². The maximum absolute atomic E-state index is 13.8. The standard InChI is InChI=1S/C11H9BrFN5O3/c1-21-11(20)7-8(13)4(12)2-5(9(7)19)17-18-6(3-14)10(15)16/h2,17,19H,1H3,(H3,15,16)/b18-6+. The quantitative estimate of drug-likeness (QED) is 0.210. The molecule has 0 fully saturated rings. The first-order valence-electron chi connectivity index (χ1n) is 5.20. The van der Waals surface area contributed by atoms with Gasteiger partial charge in [-0.3, -0.25) is 10.8 Å². The third kappa shape index (κ3) is 3.46. The number of hydrogen-bond donors (Lipinski definition) is 4. The van der Waals surface area contributed by atoms with Crippen LogP contribution in [0.4, 0.5) is 10.1 Å². The van der Waals surface area contributed by atoms with E-state index in [1.807, 2.05) is 0 Å². The Morgan fingerprint density at radius 2 is 2.33 bits per heavy atom. The summed E-state index contributed by atoms with van der Waals surface area (Å²) in [4.78, 5) is 11.4. The maximum atomic E-state index is 13.8. The van der Waals surface area contributed by atoms with Crippen LogP contribution >= 0.6 is 15.9 Å². The number of anilines is 1. The number of carbonyl (C=O) groups excluding carboxylic acids is 1. The highest BCUT2D eigenvalue weighted by Gasteiger charge is 2.23. The number of phenols is 1. The van der Waals surface area contributed by atoms with Gasteiger partial charge >= 0.3 is 5.97 Å². The fourth-order valence-electron chi connectivity index (χ4n) is 1.25. The Balaban J connectivity index is 3.34. The van der Waals surface area contributed by atoms with Crippen molar-refractivity contribution in [3.63, 3.8) is 0 Å². The number of nitrogens with two attached hydrogens (primary N) is 1. The minimum Gasteiger partial charge on any atom is -0.505 e. The second kappa shape index (κ2) is 6.67. The number of esters is 1. The van der Waals surface area contributed by atoms with Gasteiger partial charge in [-0.25, -0.2) is 9.18 Å². The number of phenolic OH excluding ortho intramolecular Hbond substituents is 1. The molecule has 0 heterocycles. The number of carbonyl (C=O) groups is 1. The average molecular weight is 358 g/mol. The summed E-state index contributed by atoms with van der Waals surface area (Å²) >= 11 is 2.87. The fraction of sp³-hybridized carbons (Fsp3) is 0.0909. The summed E-state index contributed by atoms with van der Waals surface area (Å²) < 4.78 is 18.0. The van der Waals surface area contributed by atoms with Gasteiger partial charge in [-0.1, -0.05) is 0 Å². The number of hydrazone groups is 1. The summed E-state index contributed by atoms with van der Waals surface area (Å²) in [5.41, 5.74) is 5.97. The van der Waals surface area contributed by atoms with E-state index in [2.05, 4.69) is 31.2 Å². The molecule has 0 unspecified atom stereocenters. The molecule has 5 N–H and O–H groups in total. The molecule has 0 saturated heterocycles. The monoisotopic (exact) mass is 357 g/mol. The number of ether oxygens (including phenoxy) is 1. The summed E-state index contributed by atoms with van der Waals surface area (Å²) in [6.07, 6.45) is 0. The van der Waals surface area contributed by atoms with Gasteiger partial charge in [0.15, 0.2) is 17.4 Å². The van der Waals surface area contributed by atoms with E-state index in [1.165, 1.54) is 0 Å². The minimum absolute atomic E-state index is 0.139. The van der Waals surface area contributed by atoms with Gasteiger partial charge in [0.2, 0.25) is 5.71 Å². The number of rotatable bonds is 4. The number of aromatic hydroxyl groups is 1. The van der Waals surface area contributed by atoms with Crippen LogP contribution in [0, 0.1) is 22.6 Å². The van der Waals surface area contributed by atoms with Gasteiger partial charge < -0.3 is 15.6 Å². The first-order chi connectivity index (χ1) is 9.83. The molecule has 1 aromatic carbocycles. The second-order valence-corrected chi connectivity index (χ2v) is 4.39. The van der Waals surface area contributed by atoms with Gasteiger partial charge in [-0.2, -0.15) is 10.4 Å². The van der Waals surface area contributed by atoms with Gasteiger partial charge in [-0.05, 0) is 22.0 Å². The van der Waals surface area contributed by atoms with Crippen molar-refractivity contribution in [2.24, 2.45) is 10.8 Å². The molecule has 0 aromatic heterocycles. The van der Waals surface area contributed by atoms with Crippen molar-refractivity contribution >= 4 is 39.1 Å². The topological polar surface area (TPSA) is 145 Å². The van der Waals surface area contributed by atoms with Crippen LogP contribution in [0.5, 0.6) is 5.75 Å². The van der Waals surface area contributed by atoms with Gasteiger partial charge in [0.05, 0.1) is 11.6 Å². The Labute approximate surface area is 126 Å². The Hall–Kier alpha value is -2.67. The predicted molar refractivity (Wildman–Crippen MR) is 75.7 cm³/mol. The molecule has 1 aromatic rings. The summed E-state index contributed by atoms with van der Waals surface area (Å²) in [6, 6.07) is 2.64. The molecule has 10 heteroatoms. The summed E-state index contributed by atoms with van der Waals surface area (Å²) in [5.74, 6) is -3.46. The van der Waals surface area contributed by atoms with Crippen LogP contribution in [0.25, 0.3) is 0 Å². The molecule has 0 aliphatic heterocycles. The third-order valence-corrected chi connectivity index (χ3v) is 2.81. The zero-order valence-corrected chi connectivity index (χ0v) is 12.2. The van der Waals surface area contributed by atoms with E-state index < -0.39 is 34.6 Å². The maximum Gasteiger partial charge on any atom is 0.344 e.